The second kappa shape index (κ2) is 4.19. The van der Waals surface area contributed by atoms with Gasteiger partial charge < -0.3 is 14.2 Å². The third-order valence-electron chi connectivity index (χ3n) is 3.40. The molecule has 2 fully saturated rings. The van der Waals surface area contributed by atoms with E-state index in [4.69, 9.17) is 19.0 Å². The molecule has 0 aromatic heterocycles. The molecule has 0 aromatic carbocycles. The van der Waals surface area contributed by atoms with Gasteiger partial charge in [-0.1, -0.05) is 12.2 Å². The maximum atomic E-state index is 12.2. The van der Waals surface area contributed by atoms with E-state index in [0.29, 0.717) is 0 Å². The molecule has 0 aromatic rings. The summed E-state index contributed by atoms with van der Waals surface area (Å²) in [5.74, 6) is -0.662. The Hall–Kier alpha value is -1.11. The highest BCUT2D eigenvalue weighted by Gasteiger charge is 2.57. The van der Waals surface area contributed by atoms with Gasteiger partial charge in [0.1, 0.15) is 30.0 Å². The second-order valence-electron chi connectivity index (χ2n) is 6.82. The van der Waals surface area contributed by atoms with Gasteiger partial charge in [-0.25, -0.2) is 4.79 Å². The number of ether oxygens (including phenoxy) is 3. The van der Waals surface area contributed by atoms with Gasteiger partial charge in [0.25, 0.3) is 0 Å². The molecule has 4 rings (SSSR count). The van der Waals surface area contributed by atoms with Crippen LogP contribution < -0.4 is 0 Å². The molecule has 3 heterocycles. The molecule has 0 N–H and O–H groups in total. The molecule has 6 heteroatoms. The lowest BCUT2D eigenvalue weighted by Gasteiger charge is -2.45. The first-order chi connectivity index (χ1) is 9.16. The third kappa shape index (κ3) is 2.32. The predicted molar refractivity (Wildman–Crippen MR) is 69.7 cm³/mol. The van der Waals surface area contributed by atoms with Crippen molar-refractivity contribution in [3.63, 3.8) is 0 Å². The number of fused-ring (bicyclic) bond motifs is 1. The molecule has 2 saturated heterocycles. The summed E-state index contributed by atoms with van der Waals surface area (Å²) in [5.41, 5.74) is -0.563. The van der Waals surface area contributed by atoms with Crippen LogP contribution in [0.1, 0.15) is 34.6 Å². The smallest absolute Gasteiger partial charge is 0.435 e. The number of hydroxylamine groups is 2. The molecule has 0 saturated carbocycles. The fraction of sp³-hybridized carbons (Fsp3) is 0.786. The van der Waals surface area contributed by atoms with Crippen LogP contribution in [0.2, 0.25) is 0 Å². The van der Waals surface area contributed by atoms with Crippen molar-refractivity contribution >= 4 is 6.09 Å². The van der Waals surface area contributed by atoms with Crippen molar-refractivity contribution < 1.29 is 23.8 Å². The fourth-order valence-corrected chi connectivity index (χ4v) is 2.76. The van der Waals surface area contributed by atoms with Gasteiger partial charge in [0.2, 0.25) is 0 Å². The Morgan fingerprint density at radius 2 is 1.85 bits per heavy atom. The summed E-state index contributed by atoms with van der Waals surface area (Å²) in [6.45, 7) is 9.20. The van der Waals surface area contributed by atoms with Gasteiger partial charge in [-0.05, 0) is 34.6 Å². The highest BCUT2D eigenvalue weighted by molar-refractivity contribution is 5.68. The Morgan fingerprint density at radius 3 is 2.50 bits per heavy atom. The first-order valence-corrected chi connectivity index (χ1v) is 6.89. The van der Waals surface area contributed by atoms with Crippen molar-refractivity contribution in [2.45, 2.75) is 70.4 Å². The SMILES string of the molecule is CC(C)(C)OC(=O)N1OC2C=CC1C1OC(C)(C)OC21. The van der Waals surface area contributed by atoms with E-state index in [1.807, 2.05) is 46.8 Å². The standard InChI is InChI=1S/C14H21NO5/c1-13(2,3)19-12(16)15-8-6-7-9(20-15)11-10(8)17-14(4,5)18-11/h6-11H,1-5H3. The van der Waals surface area contributed by atoms with Gasteiger partial charge in [-0.15, -0.1) is 0 Å². The quantitative estimate of drug-likeness (QED) is 0.636. The van der Waals surface area contributed by atoms with Crippen molar-refractivity contribution in [1.29, 1.82) is 0 Å². The largest absolute Gasteiger partial charge is 0.442 e. The molecule has 4 atom stereocenters. The van der Waals surface area contributed by atoms with E-state index in [-0.39, 0.29) is 24.4 Å². The normalized spacial score (nSPS) is 38.0. The van der Waals surface area contributed by atoms with Gasteiger partial charge in [-0.3, -0.25) is 4.84 Å². The van der Waals surface area contributed by atoms with Gasteiger partial charge in [-0.2, -0.15) is 5.06 Å². The molecular formula is C14H21NO5. The average Bonchev–Trinajstić information content (AvgIpc) is 2.63. The number of hydrogen-bond acceptors (Lipinski definition) is 5. The molecule has 1 aliphatic carbocycles. The van der Waals surface area contributed by atoms with Gasteiger partial charge in [0.15, 0.2) is 5.79 Å². The summed E-state index contributed by atoms with van der Waals surface area (Å²) < 4.78 is 17.1. The second-order valence-corrected chi connectivity index (χ2v) is 6.82. The topological polar surface area (TPSA) is 57.2 Å². The summed E-state index contributed by atoms with van der Waals surface area (Å²) in [6.07, 6.45) is 2.62. The lowest BCUT2D eigenvalue weighted by Crippen LogP contribution is -2.62. The summed E-state index contributed by atoms with van der Waals surface area (Å²) >= 11 is 0. The lowest BCUT2D eigenvalue weighted by molar-refractivity contribution is -0.254. The molecule has 0 spiro atoms. The van der Waals surface area contributed by atoms with E-state index >= 15 is 0 Å². The number of carbonyl (C=O) groups is 1. The molecule has 4 aliphatic rings. The van der Waals surface area contributed by atoms with Crippen molar-refractivity contribution in [2.75, 3.05) is 0 Å². The maximum absolute atomic E-state index is 12.2. The van der Waals surface area contributed by atoms with Gasteiger partial charge >= 0.3 is 6.09 Å². The van der Waals surface area contributed by atoms with E-state index in [1.54, 1.807) is 0 Å². The number of rotatable bonds is 0. The first-order valence-electron chi connectivity index (χ1n) is 6.89. The monoisotopic (exact) mass is 283 g/mol. The van der Waals surface area contributed by atoms with Crippen LogP contribution in [-0.2, 0) is 19.0 Å². The van der Waals surface area contributed by atoms with Crippen LogP contribution in [0.5, 0.6) is 0 Å². The molecule has 2 bridgehead atoms. The molecule has 112 valence electrons. The Kier molecular flexibility index (Phi) is 2.90. The van der Waals surface area contributed by atoms with Crippen LogP contribution >= 0.6 is 0 Å². The summed E-state index contributed by atoms with van der Waals surface area (Å²) in [5, 5.41) is 1.27. The van der Waals surface area contributed by atoms with Crippen LogP contribution in [0, 0.1) is 0 Å². The van der Waals surface area contributed by atoms with Crippen molar-refractivity contribution in [1.82, 2.24) is 5.06 Å². The molecule has 3 aliphatic heterocycles. The number of nitrogens with zero attached hydrogens (tertiary/aromatic N) is 1. The average molecular weight is 283 g/mol. The zero-order chi connectivity index (χ0) is 14.7. The van der Waals surface area contributed by atoms with E-state index < -0.39 is 17.5 Å². The highest BCUT2D eigenvalue weighted by Crippen LogP contribution is 2.41. The van der Waals surface area contributed by atoms with Crippen molar-refractivity contribution in [3.05, 3.63) is 12.2 Å². The first kappa shape index (κ1) is 13.9. The summed E-state index contributed by atoms with van der Waals surface area (Å²) in [6, 6.07) is -0.318. The van der Waals surface area contributed by atoms with Crippen LogP contribution in [0.3, 0.4) is 0 Å². The summed E-state index contributed by atoms with van der Waals surface area (Å²) in [4.78, 5) is 17.9. The van der Waals surface area contributed by atoms with E-state index in [2.05, 4.69) is 0 Å². The molecule has 4 unspecified atom stereocenters. The van der Waals surface area contributed by atoms with Crippen molar-refractivity contribution in [2.24, 2.45) is 0 Å². The zero-order valence-electron chi connectivity index (χ0n) is 12.5. The van der Waals surface area contributed by atoms with Crippen LogP contribution in [0.25, 0.3) is 0 Å². The number of amides is 1. The summed E-state index contributed by atoms with van der Waals surface area (Å²) in [7, 11) is 0. The Bertz CT molecular complexity index is 453. The van der Waals surface area contributed by atoms with E-state index in [0.717, 1.165) is 0 Å². The fourth-order valence-electron chi connectivity index (χ4n) is 2.76. The number of hydrogen-bond donors (Lipinski definition) is 0. The Labute approximate surface area is 118 Å². The third-order valence-corrected chi connectivity index (χ3v) is 3.40. The Morgan fingerprint density at radius 1 is 1.20 bits per heavy atom. The highest BCUT2D eigenvalue weighted by atomic mass is 16.8. The molecule has 0 radical (unpaired) electrons. The molecule has 6 nitrogen and oxygen atoms in total. The van der Waals surface area contributed by atoms with Crippen LogP contribution in [0.15, 0.2) is 12.2 Å². The molecular weight excluding hydrogens is 262 g/mol. The Balaban J connectivity index is 1.79. The predicted octanol–water partition coefficient (Wildman–Crippen LogP) is 2.00. The molecule has 20 heavy (non-hydrogen) atoms. The zero-order valence-corrected chi connectivity index (χ0v) is 12.5. The van der Waals surface area contributed by atoms with Gasteiger partial charge in [0.05, 0.1) is 0 Å². The van der Waals surface area contributed by atoms with Crippen molar-refractivity contribution in [3.8, 4) is 0 Å². The van der Waals surface area contributed by atoms with E-state index in [9.17, 15) is 4.79 Å². The van der Waals surface area contributed by atoms with Crippen LogP contribution in [0.4, 0.5) is 4.79 Å². The minimum Gasteiger partial charge on any atom is -0.442 e. The van der Waals surface area contributed by atoms with Crippen LogP contribution in [-0.4, -0.2) is 46.9 Å². The van der Waals surface area contributed by atoms with E-state index in [1.165, 1.54) is 5.06 Å². The minimum absolute atomic E-state index is 0.182. The number of carbonyl (C=O) groups excluding carboxylic acids is 1. The minimum atomic E-state index is -0.662. The maximum Gasteiger partial charge on any atom is 0.435 e. The lowest BCUT2D eigenvalue weighted by atomic mass is 9.92. The van der Waals surface area contributed by atoms with Gasteiger partial charge in [0, 0.05) is 0 Å². The molecule has 1 amide bonds.